The number of nitrogens with one attached hydrogen (secondary N) is 1. The highest BCUT2D eigenvalue weighted by atomic mass is 19.1. The van der Waals surface area contributed by atoms with Crippen molar-refractivity contribution in [3.05, 3.63) is 29.6 Å². The molecule has 0 unspecified atom stereocenters. The summed E-state index contributed by atoms with van der Waals surface area (Å²) in [5.41, 5.74) is 1.78. The molecule has 0 saturated carbocycles. The molecule has 1 aromatic carbocycles. The van der Waals surface area contributed by atoms with Gasteiger partial charge in [-0.1, -0.05) is 13.0 Å². The molecule has 4 heteroatoms. The Labute approximate surface area is 114 Å². The molecule has 0 aromatic heterocycles. The summed E-state index contributed by atoms with van der Waals surface area (Å²) in [5.74, 6) is -0.119. The largest absolute Gasteiger partial charge is 0.380 e. The van der Waals surface area contributed by atoms with Crippen LogP contribution in [0.3, 0.4) is 0 Å². The standard InChI is InChI=1S/C15H23FN2O/c1-2-7-17-12-13-14(16)5-3-6-15(13)18-8-4-10-19-11-9-18/h3,5-6,17H,2,4,7-12H2,1H3. The summed E-state index contributed by atoms with van der Waals surface area (Å²) >= 11 is 0. The van der Waals surface area contributed by atoms with Crippen molar-refractivity contribution in [2.45, 2.75) is 26.3 Å². The maximum atomic E-state index is 14.0. The molecule has 1 N–H and O–H groups in total. The van der Waals surface area contributed by atoms with Crippen molar-refractivity contribution in [1.82, 2.24) is 5.32 Å². The van der Waals surface area contributed by atoms with Gasteiger partial charge in [0.25, 0.3) is 0 Å². The molecule has 1 fully saturated rings. The fraction of sp³-hybridized carbons (Fsp3) is 0.600. The number of halogens is 1. The molecular weight excluding hydrogens is 243 g/mol. The predicted octanol–water partition coefficient (Wildman–Crippen LogP) is 2.55. The molecular formula is C15H23FN2O. The molecule has 1 aliphatic heterocycles. The van der Waals surface area contributed by atoms with Crippen LogP contribution in [0.15, 0.2) is 18.2 Å². The van der Waals surface area contributed by atoms with Crippen LogP contribution in [0.25, 0.3) is 0 Å². The highest BCUT2D eigenvalue weighted by Crippen LogP contribution is 2.24. The van der Waals surface area contributed by atoms with Gasteiger partial charge in [-0.3, -0.25) is 0 Å². The molecule has 2 rings (SSSR count). The molecule has 19 heavy (non-hydrogen) atoms. The van der Waals surface area contributed by atoms with Crippen molar-refractivity contribution < 1.29 is 9.13 Å². The van der Waals surface area contributed by atoms with Crippen LogP contribution in [0.5, 0.6) is 0 Å². The topological polar surface area (TPSA) is 24.5 Å². The Bertz CT molecular complexity index is 390. The van der Waals surface area contributed by atoms with E-state index in [1.165, 1.54) is 0 Å². The second-order valence-corrected chi connectivity index (χ2v) is 4.87. The van der Waals surface area contributed by atoms with Gasteiger partial charge in [-0.15, -0.1) is 0 Å². The maximum absolute atomic E-state index is 14.0. The molecule has 0 radical (unpaired) electrons. The smallest absolute Gasteiger partial charge is 0.129 e. The Morgan fingerprint density at radius 2 is 2.21 bits per heavy atom. The minimum atomic E-state index is -0.119. The van der Waals surface area contributed by atoms with Crippen molar-refractivity contribution in [2.24, 2.45) is 0 Å². The molecule has 0 atom stereocenters. The highest BCUT2D eigenvalue weighted by molar-refractivity contribution is 5.54. The van der Waals surface area contributed by atoms with Gasteiger partial charge in [0, 0.05) is 37.5 Å². The lowest BCUT2D eigenvalue weighted by molar-refractivity contribution is 0.152. The van der Waals surface area contributed by atoms with Gasteiger partial charge in [-0.2, -0.15) is 0 Å². The van der Waals surface area contributed by atoms with Crippen molar-refractivity contribution >= 4 is 5.69 Å². The third kappa shape index (κ3) is 3.91. The lowest BCUT2D eigenvalue weighted by Gasteiger charge is -2.25. The summed E-state index contributed by atoms with van der Waals surface area (Å²) in [7, 11) is 0. The van der Waals surface area contributed by atoms with Crippen molar-refractivity contribution in [2.75, 3.05) is 37.7 Å². The van der Waals surface area contributed by atoms with E-state index in [1.807, 2.05) is 6.07 Å². The fourth-order valence-corrected chi connectivity index (χ4v) is 2.40. The van der Waals surface area contributed by atoms with Crippen LogP contribution in [0.4, 0.5) is 10.1 Å². The van der Waals surface area contributed by atoms with E-state index in [0.717, 1.165) is 56.9 Å². The zero-order chi connectivity index (χ0) is 13.5. The normalized spacial score (nSPS) is 16.4. The van der Waals surface area contributed by atoms with Crippen LogP contribution in [-0.4, -0.2) is 32.8 Å². The summed E-state index contributed by atoms with van der Waals surface area (Å²) in [6.45, 7) is 6.91. The summed E-state index contributed by atoms with van der Waals surface area (Å²) in [6, 6.07) is 5.35. The molecule has 1 aromatic rings. The quantitative estimate of drug-likeness (QED) is 0.829. The third-order valence-electron chi connectivity index (χ3n) is 3.39. The average Bonchev–Trinajstić information content (AvgIpc) is 2.69. The van der Waals surface area contributed by atoms with Crippen LogP contribution in [0.1, 0.15) is 25.3 Å². The van der Waals surface area contributed by atoms with Gasteiger partial charge in [-0.25, -0.2) is 4.39 Å². The van der Waals surface area contributed by atoms with Gasteiger partial charge in [0.1, 0.15) is 5.82 Å². The summed E-state index contributed by atoms with van der Waals surface area (Å²) in [5, 5.41) is 3.29. The van der Waals surface area contributed by atoms with Gasteiger partial charge in [0.05, 0.1) is 6.61 Å². The highest BCUT2D eigenvalue weighted by Gasteiger charge is 2.16. The van der Waals surface area contributed by atoms with E-state index in [-0.39, 0.29) is 5.82 Å². The number of rotatable bonds is 5. The zero-order valence-corrected chi connectivity index (χ0v) is 11.6. The molecule has 0 aliphatic carbocycles. The van der Waals surface area contributed by atoms with Gasteiger partial charge in [-0.05, 0) is 31.5 Å². The van der Waals surface area contributed by atoms with E-state index < -0.39 is 0 Å². The molecule has 0 spiro atoms. The third-order valence-corrected chi connectivity index (χ3v) is 3.39. The van der Waals surface area contributed by atoms with E-state index in [2.05, 4.69) is 17.1 Å². The number of ether oxygens (including phenoxy) is 1. The Morgan fingerprint density at radius 3 is 3.05 bits per heavy atom. The minimum absolute atomic E-state index is 0.119. The second-order valence-electron chi connectivity index (χ2n) is 4.87. The number of anilines is 1. The molecule has 0 bridgehead atoms. The first-order valence-corrected chi connectivity index (χ1v) is 7.13. The van der Waals surface area contributed by atoms with Crippen molar-refractivity contribution in [1.29, 1.82) is 0 Å². The maximum Gasteiger partial charge on any atom is 0.129 e. The molecule has 1 aliphatic rings. The molecule has 1 heterocycles. The predicted molar refractivity (Wildman–Crippen MR) is 76.0 cm³/mol. The van der Waals surface area contributed by atoms with Crippen LogP contribution >= 0.6 is 0 Å². The number of hydrogen-bond donors (Lipinski definition) is 1. The van der Waals surface area contributed by atoms with Crippen LogP contribution in [-0.2, 0) is 11.3 Å². The molecule has 0 amide bonds. The van der Waals surface area contributed by atoms with Crippen LogP contribution < -0.4 is 10.2 Å². The van der Waals surface area contributed by atoms with Crippen molar-refractivity contribution in [3.8, 4) is 0 Å². The van der Waals surface area contributed by atoms with Crippen molar-refractivity contribution in [3.63, 3.8) is 0 Å². The SMILES string of the molecule is CCCNCc1c(F)cccc1N1CCCOCC1. The number of hydrogen-bond acceptors (Lipinski definition) is 3. The lowest BCUT2D eigenvalue weighted by atomic mass is 10.1. The first-order valence-electron chi connectivity index (χ1n) is 7.13. The summed E-state index contributed by atoms with van der Waals surface area (Å²) < 4.78 is 19.5. The Balaban J connectivity index is 2.15. The first kappa shape index (κ1) is 14.3. The molecule has 3 nitrogen and oxygen atoms in total. The van der Waals surface area contributed by atoms with E-state index >= 15 is 0 Å². The lowest BCUT2D eigenvalue weighted by Crippen LogP contribution is -2.28. The van der Waals surface area contributed by atoms with Gasteiger partial charge >= 0.3 is 0 Å². The van der Waals surface area contributed by atoms with Crippen LogP contribution in [0, 0.1) is 5.82 Å². The average molecular weight is 266 g/mol. The second kappa shape index (κ2) is 7.46. The zero-order valence-electron chi connectivity index (χ0n) is 11.6. The Hall–Kier alpha value is -1.13. The molecule has 106 valence electrons. The Kier molecular flexibility index (Phi) is 5.61. The van der Waals surface area contributed by atoms with E-state index in [1.54, 1.807) is 12.1 Å². The minimum Gasteiger partial charge on any atom is -0.380 e. The number of benzene rings is 1. The fourth-order valence-electron chi connectivity index (χ4n) is 2.40. The van der Waals surface area contributed by atoms with Gasteiger partial charge in [0.15, 0.2) is 0 Å². The first-order chi connectivity index (χ1) is 9.33. The Morgan fingerprint density at radius 1 is 1.32 bits per heavy atom. The van der Waals surface area contributed by atoms with E-state index in [9.17, 15) is 4.39 Å². The van der Waals surface area contributed by atoms with Gasteiger partial charge < -0.3 is 15.0 Å². The molecule has 1 saturated heterocycles. The summed E-state index contributed by atoms with van der Waals surface area (Å²) in [4.78, 5) is 2.24. The summed E-state index contributed by atoms with van der Waals surface area (Å²) in [6.07, 6.45) is 2.06. The van der Waals surface area contributed by atoms with Gasteiger partial charge in [0.2, 0.25) is 0 Å². The van der Waals surface area contributed by atoms with E-state index in [4.69, 9.17) is 4.74 Å². The number of nitrogens with zero attached hydrogens (tertiary/aromatic N) is 1. The van der Waals surface area contributed by atoms with Crippen LogP contribution in [0.2, 0.25) is 0 Å². The monoisotopic (exact) mass is 266 g/mol. The van der Waals surface area contributed by atoms with E-state index in [0.29, 0.717) is 6.54 Å².